The standard InChI is InChI=1S/C32H48N6O8/c1-30(2,3)25(35)28(41)45-24-21(16-44-23(39)15-19-11-9-7-8-10-12-19)46-32(17-33,26(24)40)22-14-13-20(37-22)27(36-18-34)38-29(42)31(4,5)43-6/h13-14,18-19,21,24-26,37,40H,7-12,15-16,35H2,1-6H3,(H2,34,36,38,42)/t21-,24-,25+,26-,32+/m1/s1. The van der Waals surface area contributed by atoms with Gasteiger partial charge < -0.3 is 40.1 Å². The van der Waals surface area contributed by atoms with Crippen LogP contribution in [0.3, 0.4) is 0 Å². The smallest absolute Gasteiger partial charge is 0.323 e. The third-order valence-corrected chi connectivity index (χ3v) is 8.70. The Bertz CT molecular complexity index is 1320. The van der Waals surface area contributed by atoms with Crippen LogP contribution in [0.2, 0.25) is 0 Å². The number of amidine groups is 1. The number of aliphatic hydroxyl groups excluding tert-OH is 1. The number of carbonyl (C=O) groups is 3. The predicted molar refractivity (Wildman–Crippen MR) is 168 cm³/mol. The number of amides is 1. The Hall–Kier alpha value is -3.64. The van der Waals surface area contributed by atoms with Gasteiger partial charge in [0.15, 0.2) is 11.9 Å². The highest BCUT2D eigenvalue weighted by Gasteiger charge is 2.59. The monoisotopic (exact) mass is 644 g/mol. The van der Waals surface area contributed by atoms with E-state index in [1.54, 1.807) is 34.6 Å². The zero-order chi connectivity index (χ0) is 34.3. The number of hydrogen-bond donors (Lipinski definition) is 5. The molecule has 5 atom stereocenters. The first kappa shape index (κ1) is 36.8. The molecular weight excluding hydrogens is 596 g/mol. The molecule has 1 amide bonds. The van der Waals surface area contributed by atoms with Gasteiger partial charge in [0.05, 0.1) is 11.4 Å². The van der Waals surface area contributed by atoms with Crippen LogP contribution in [-0.2, 0) is 38.9 Å². The average molecular weight is 645 g/mol. The van der Waals surface area contributed by atoms with Crippen molar-refractivity contribution < 1.29 is 38.4 Å². The van der Waals surface area contributed by atoms with Gasteiger partial charge in [-0.05, 0) is 50.2 Å². The highest BCUT2D eigenvalue weighted by atomic mass is 16.6. The van der Waals surface area contributed by atoms with Crippen LogP contribution in [0.5, 0.6) is 0 Å². The summed E-state index contributed by atoms with van der Waals surface area (Å²) in [6.45, 7) is 7.99. The lowest BCUT2D eigenvalue weighted by atomic mass is 9.87. The summed E-state index contributed by atoms with van der Waals surface area (Å²) in [6, 6.07) is 3.85. The first-order chi connectivity index (χ1) is 21.6. The summed E-state index contributed by atoms with van der Waals surface area (Å²) < 4.78 is 22.6. The number of aromatic amines is 1. The lowest BCUT2D eigenvalue weighted by molar-refractivity contribution is -0.163. The number of nitriles is 1. The second-order valence-electron chi connectivity index (χ2n) is 13.5. The molecular formula is C32H48N6O8. The van der Waals surface area contributed by atoms with E-state index in [0.717, 1.165) is 44.9 Å². The molecule has 0 spiro atoms. The third-order valence-electron chi connectivity index (χ3n) is 8.70. The van der Waals surface area contributed by atoms with Crippen molar-refractivity contribution in [3.05, 3.63) is 23.5 Å². The molecule has 46 heavy (non-hydrogen) atoms. The van der Waals surface area contributed by atoms with Gasteiger partial charge in [-0.1, -0.05) is 46.5 Å². The number of aromatic nitrogens is 1. The number of nitrogens with zero attached hydrogens (tertiary/aromatic N) is 2. The second-order valence-corrected chi connectivity index (χ2v) is 13.5. The molecule has 2 fully saturated rings. The largest absolute Gasteiger partial charge is 0.463 e. The Morgan fingerprint density at radius 1 is 1.24 bits per heavy atom. The third kappa shape index (κ3) is 8.58. The number of aliphatic imine (C=N–C) groups is 1. The van der Waals surface area contributed by atoms with E-state index in [9.17, 15) is 24.8 Å². The number of nitrogens with one attached hydrogen (secondary N) is 3. The van der Waals surface area contributed by atoms with Crippen LogP contribution < -0.4 is 11.1 Å². The molecule has 1 saturated carbocycles. The van der Waals surface area contributed by atoms with Gasteiger partial charge in [0.1, 0.15) is 42.9 Å². The SMILES string of the molecule is COC(C)(C)C(=O)NC(=NC=N)c1ccc([C@]2(C#N)O[C@H](COC(=O)CC3CCCCCC3)[C@@H](OC(=O)[C@H](N)C(C)(C)C)[C@H]2O)[nH]1. The maximum Gasteiger partial charge on any atom is 0.323 e. The van der Waals surface area contributed by atoms with Gasteiger partial charge in [0, 0.05) is 13.5 Å². The number of carbonyl (C=O) groups excluding carboxylic acids is 3. The van der Waals surface area contributed by atoms with Crippen LogP contribution in [0.15, 0.2) is 17.1 Å². The molecule has 1 aliphatic carbocycles. The fourth-order valence-corrected chi connectivity index (χ4v) is 5.39. The minimum atomic E-state index is -2.11. The number of nitrogens with two attached hydrogens (primary N) is 1. The number of ether oxygens (including phenoxy) is 4. The van der Waals surface area contributed by atoms with Gasteiger partial charge >= 0.3 is 11.9 Å². The maximum absolute atomic E-state index is 13.1. The van der Waals surface area contributed by atoms with Crippen LogP contribution in [0.4, 0.5) is 0 Å². The van der Waals surface area contributed by atoms with Gasteiger partial charge in [-0.15, -0.1) is 0 Å². The Balaban J connectivity index is 1.90. The molecule has 3 rings (SSSR count). The topological polar surface area (TPSA) is 222 Å². The Morgan fingerprint density at radius 3 is 2.46 bits per heavy atom. The van der Waals surface area contributed by atoms with Crippen LogP contribution in [0.1, 0.15) is 91.0 Å². The fraction of sp³-hybridized carbons (Fsp3) is 0.688. The summed E-state index contributed by atoms with van der Waals surface area (Å²) in [6.07, 6.45) is 2.88. The summed E-state index contributed by atoms with van der Waals surface area (Å²) in [5, 5.41) is 32.0. The summed E-state index contributed by atoms with van der Waals surface area (Å²) >= 11 is 0. The molecule has 14 nitrogen and oxygen atoms in total. The average Bonchev–Trinajstić information content (AvgIpc) is 3.50. The minimum absolute atomic E-state index is 0.0453. The number of H-pyrrole nitrogens is 1. The van der Waals surface area contributed by atoms with Crippen LogP contribution in [-0.4, -0.2) is 83.8 Å². The van der Waals surface area contributed by atoms with Gasteiger partial charge in [-0.3, -0.25) is 19.8 Å². The van der Waals surface area contributed by atoms with Crippen molar-refractivity contribution in [2.24, 2.45) is 22.1 Å². The fourth-order valence-electron chi connectivity index (χ4n) is 5.39. The number of aliphatic hydroxyl groups is 1. The molecule has 1 aromatic heterocycles. The maximum atomic E-state index is 13.1. The van der Waals surface area contributed by atoms with E-state index in [0.29, 0.717) is 0 Å². The molecule has 14 heteroatoms. The van der Waals surface area contributed by atoms with Crippen LogP contribution in [0, 0.1) is 28.1 Å². The number of methoxy groups -OCH3 is 1. The molecule has 0 unspecified atom stereocenters. The van der Waals surface area contributed by atoms with Crippen molar-refractivity contribution in [3.8, 4) is 6.07 Å². The van der Waals surface area contributed by atoms with Gasteiger partial charge in [0.25, 0.3) is 5.91 Å². The summed E-state index contributed by atoms with van der Waals surface area (Å²) in [5.41, 5.74) is 2.36. The lowest BCUT2D eigenvalue weighted by Gasteiger charge is -2.28. The van der Waals surface area contributed by atoms with E-state index in [2.05, 4.69) is 15.3 Å². The first-order valence-corrected chi connectivity index (χ1v) is 15.6. The van der Waals surface area contributed by atoms with E-state index in [1.165, 1.54) is 19.2 Å². The zero-order valence-corrected chi connectivity index (χ0v) is 27.6. The number of esters is 2. The molecule has 1 aromatic rings. The zero-order valence-electron chi connectivity index (χ0n) is 27.6. The highest BCUT2D eigenvalue weighted by Crippen LogP contribution is 2.41. The number of rotatable bonds is 11. The van der Waals surface area contributed by atoms with E-state index in [1.807, 2.05) is 6.07 Å². The number of hydrogen-bond acceptors (Lipinski definition) is 11. The summed E-state index contributed by atoms with van der Waals surface area (Å²) in [4.78, 5) is 45.5. The van der Waals surface area contributed by atoms with E-state index in [-0.39, 0.29) is 36.2 Å². The van der Waals surface area contributed by atoms with Crippen molar-refractivity contribution >= 4 is 30.0 Å². The normalized spacial score (nSPS) is 25.2. The molecule has 254 valence electrons. The highest BCUT2D eigenvalue weighted by molar-refractivity contribution is 6.10. The Morgan fingerprint density at radius 2 is 1.89 bits per heavy atom. The first-order valence-electron chi connectivity index (χ1n) is 15.6. The van der Waals surface area contributed by atoms with Gasteiger partial charge in [-0.25, -0.2) is 4.99 Å². The van der Waals surface area contributed by atoms with Crippen molar-refractivity contribution in [3.63, 3.8) is 0 Å². The Kier molecular flexibility index (Phi) is 12.2. The molecule has 1 saturated heterocycles. The second kappa shape index (κ2) is 15.3. The Labute approximate surface area is 269 Å². The minimum Gasteiger partial charge on any atom is -0.463 e. The van der Waals surface area contributed by atoms with Crippen molar-refractivity contribution in [1.82, 2.24) is 10.3 Å². The van der Waals surface area contributed by atoms with E-state index in [4.69, 9.17) is 30.1 Å². The molecule has 1 aliphatic heterocycles. The summed E-state index contributed by atoms with van der Waals surface area (Å²) in [7, 11) is 1.37. The van der Waals surface area contributed by atoms with Crippen molar-refractivity contribution in [2.45, 2.75) is 115 Å². The van der Waals surface area contributed by atoms with E-state index < -0.39 is 58.8 Å². The molecule has 2 aliphatic rings. The molecule has 0 radical (unpaired) electrons. The lowest BCUT2D eigenvalue weighted by Crippen LogP contribution is -2.49. The quantitative estimate of drug-likeness (QED) is 0.102. The van der Waals surface area contributed by atoms with Gasteiger partial charge in [0.2, 0.25) is 5.60 Å². The van der Waals surface area contributed by atoms with E-state index >= 15 is 0 Å². The van der Waals surface area contributed by atoms with Crippen LogP contribution >= 0.6 is 0 Å². The predicted octanol–water partition coefficient (Wildman–Crippen LogP) is 2.58. The van der Waals surface area contributed by atoms with Crippen LogP contribution in [0.25, 0.3) is 0 Å². The van der Waals surface area contributed by atoms with Crippen molar-refractivity contribution in [1.29, 1.82) is 10.7 Å². The van der Waals surface area contributed by atoms with Gasteiger partial charge in [-0.2, -0.15) is 5.26 Å². The molecule has 0 bridgehead atoms. The summed E-state index contributed by atoms with van der Waals surface area (Å²) in [5.74, 6) is -1.65. The molecule has 2 heterocycles. The molecule has 0 aromatic carbocycles. The molecule has 6 N–H and O–H groups in total. The van der Waals surface area contributed by atoms with Crippen molar-refractivity contribution in [2.75, 3.05) is 13.7 Å².